The first-order valence-corrected chi connectivity index (χ1v) is 6.23. The standard InChI is InChI=1S/C13H11BrO4/c1-8-6-9(7-12(15)17-8)18-13(16)10-4-2-3-5-11(10)14/h2-5,7-8H,6H2,1H3. The van der Waals surface area contributed by atoms with E-state index >= 15 is 0 Å². The fraction of sp³-hybridized carbons (Fsp3) is 0.231. The second-order valence-electron chi connectivity index (χ2n) is 3.93. The molecule has 0 N–H and O–H groups in total. The van der Waals surface area contributed by atoms with Crippen LogP contribution in [-0.2, 0) is 14.3 Å². The molecular weight excluding hydrogens is 300 g/mol. The number of ether oxygens (including phenoxy) is 2. The number of carbonyl (C=O) groups excluding carboxylic acids is 2. The lowest BCUT2D eigenvalue weighted by molar-refractivity contribution is -0.144. The van der Waals surface area contributed by atoms with E-state index in [1.54, 1.807) is 31.2 Å². The third-order valence-electron chi connectivity index (χ3n) is 2.40. The highest BCUT2D eigenvalue weighted by Gasteiger charge is 2.22. The molecule has 1 atom stereocenters. The molecule has 0 amide bonds. The van der Waals surface area contributed by atoms with Crippen molar-refractivity contribution in [3.8, 4) is 0 Å². The molecular formula is C13H11BrO4. The third kappa shape index (κ3) is 2.98. The molecule has 1 heterocycles. The number of esters is 2. The third-order valence-corrected chi connectivity index (χ3v) is 3.09. The molecule has 0 spiro atoms. The molecule has 2 rings (SSSR count). The molecule has 0 saturated heterocycles. The zero-order chi connectivity index (χ0) is 13.1. The zero-order valence-corrected chi connectivity index (χ0v) is 11.3. The Morgan fingerprint density at radius 2 is 2.17 bits per heavy atom. The van der Waals surface area contributed by atoms with Crippen molar-refractivity contribution in [3.05, 3.63) is 46.1 Å². The van der Waals surface area contributed by atoms with E-state index in [9.17, 15) is 9.59 Å². The largest absolute Gasteiger partial charge is 0.459 e. The quantitative estimate of drug-likeness (QED) is 0.788. The van der Waals surface area contributed by atoms with Crippen molar-refractivity contribution in [2.75, 3.05) is 0 Å². The fourth-order valence-electron chi connectivity index (χ4n) is 1.62. The molecule has 18 heavy (non-hydrogen) atoms. The maximum atomic E-state index is 11.9. The fourth-order valence-corrected chi connectivity index (χ4v) is 2.07. The Morgan fingerprint density at radius 3 is 2.83 bits per heavy atom. The molecule has 0 saturated carbocycles. The lowest BCUT2D eigenvalue weighted by atomic mass is 10.2. The van der Waals surface area contributed by atoms with Gasteiger partial charge in [0.2, 0.25) is 0 Å². The van der Waals surface area contributed by atoms with Gasteiger partial charge < -0.3 is 9.47 Å². The summed E-state index contributed by atoms with van der Waals surface area (Å²) in [4.78, 5) is 23.1. The molecule has 4 nitrogen and oxygen atoms in total. The van der Waals surface area contributed by atoms with Gasteiger partial charge in [0.1, 0.15) is 11.9 Å². The average molecular weight is 311 g/mol. The van der Waals surface area contributed by atoms with Gasteiger partial charge in [-0.05, 0) is 35.0 Å². The van der Waals surface area contributed by atoms with Crippen molar-refractivity contribution in [2.45, 2.75) is 19.4 Å². The van der Waals surface area contributed by atoms with Crippen LogP contribution < -0.4 is 0 Å². The second kappa shape index (κ2) is 5.35. The van der Waals surface area contributed by atoms with Gasteiger partial charge in [0.15, 0.2) is 0 Å². The maximum absolute atomic E-state index is 11.9. The van der Waals surface area contributed by atoms with Crippen molar-refractivity contribution in [1.29, 1.82) is 0 Å². The highest BCUT2D eigenvalue weighted by atomic mass is 79.9. The number of benzene rings is 1. The van der Waals surface area contributed by atoms with E-state index in [2.05, 4.69) is 15.9 Å². The van der Waals surface area contributed by atoms with Gasteiger partial charge in [-0.1, -0.05) is 12.1 Å². The Bertz CT molecular complexity index is 521. The predicted octanol–water partition coefficient (Wildman–Crippen LogP) is 2.83. The molecule has 0 fully saturated rings. The van der Waals surface area contributed by atoms with Crippen LogP contribution in [-0.4, -0.2) is 18.0 Å². The molecule has 1 aromatic rings. The Kier molecular flexibility index (Phi) is 3.81. The van der Waals surface area contributed by atoms with Gasteiger partial charge in [0, 0.05) is 10.9 Å². The topological polar surface area (TPSA) is 52.6 Å². The smallest absolute Gasteiger partial charge is 0.344 e. The van der Waals surface area contributed by atoms with Crippen LogP contribution >= 0.6 is 15.9 Å². The summed E-state index contributed by atoms with van der Waals surface area (Å²) in [5.74, 6) is -0.640. The summed E-state index contributed by atoms with van der Waals surface area (Å²) in [6, 6.07) is 6.95. The number of cyclic esters (lactones) is 1. The minimum absolute atomic E-state index is 0.274. The minimum Gasteiger partial charge on any atom is -0.459 e. The first-order chi connectivity index (χ1) is 8.56. The molecule has 0 aliphatic carbocycles. The molecule has 0 radical (unpaired) electrons. The van der Waals surface area contributed by atoms with E-state index in [1.165, 1.54) is 6.08 Å². The number of rotatable bonds is 2. The monoisotopic (exact) mass is 310 g/mol. The predicted molar refractivity (Wildman–Crippen MR) is 67.8 cm³/mol. The van der Waals surface area contributed by atoms with Crippen LogP contribution in [0.3, 0.4) is 0 Å². The van der Waals surface area contributed by atoms with E-state index in [1.807, 2.05) is 0 Å². The summed E-state index contributed by atoms with van der Waals surface area (Å²) in [5.41, 5.74) is 0.421. The van der Waals surface area contributed by atoms with Crippen LogP contribution in [0.4, 0.5) is 0 Å². The number of carbonyl (C=O) groups is 2. The summed E-state index contributed by atoms with van der Waals surface area (Å²) < 4.78 is 10.8. The highest BCUT2D eigenvalue weighted by Crippen LogP contribution is 2.21. The molecule has 1 aromatic carbocycles. The van der Waals surface area contributed by atoms with Gasteiger partial charge in [-0.2, -0.15) is 0 Å². The molecule has 1 aliphatic rings. The van der Waals surface area contributed by atoms with Crippen molar-refractivity contribution < 1.29 is 19.1 Å². The SMILES string of the molecule is CC1CC(OC(=O)c2ccccc2Br)=CC(=O)O1. The molecule has 0 bridgehead atoms. The summed E-state index contributed by atoms with van der Waals surface area (Å²) in [7, 11) is 0. The van der Waals surface area contributed by atoms with Crippen molar-refractivity contribution >= 4 is 27.9 Å². The van der Waals surface area contributed by atoms with Gasteiger partial charge >= 0.3 is 11.9 Å². The minimum atomic E-state index is -0.490. The van der Waals surface area contributed by atoms with Crippen LogP contribution in [0.1, 0.15) is 23.7 Å². The summed E-state index contributed by atoms with van der Waals surface area (Å²) in [6.45, 7) is 1.75. The lowest BCUT2D eigenvalue weighted by Gasteiger charge is -2.19. The van der Waals surface area contributed by atoms with Crippen LogP contribution in [0.2, 0.25) is 0 Å². The van der Waals surface area contributed by atoms with Crippen molar-refractivity contribution in [3.63, 3.8) is 0 Å². The van der Waals surface area contributed by atoms with Crippen LogP contribution in [0.25, 0.3) is 0 Å². The van der Waals surface area contributed by atoms with Crippen LogP contribution in [0.5, 0.6) is 0 Å². The van der Waals surface area contributed by atoms with E-state index in [-0.39, 0.29) is 6.10 Å². The normalized spacial score (nSPS) is 18.9. The average Bonchev–Trinajstić information content (AvgIpc) is 2.27. The Hall–Kier alpha value is -1.62. The zero-order valence-electron chi connectivity index (χ0n) is 9.68. The van der Waals surface area contributed by atoms with Gasteiger partial charge in [-0.3, -0.25) is 0 Å². The summed E-state index contributed by atoms with van der Waals surface area (Å²) in [6.07, 6.45) is 1.33. The summed E-state index contributed by atoms with van der Waals surface area (Å²) >= 11 is 3.27. The molecule has 0 aromatic heterocycles. The van der Waals surface area contributed by atoms with Gasteiger partial charge in [0.05, 0.1) is 11.6 Å². The van der Waals surface area contributed by atoms with Crippen molar-refractivity contribution in [2.24, 2.45) is 0 Å². The van der Waals surface area contributed by atoms with E-state index in [4.69, 9.17) is 9.47 Å². The second-order valence-corrected chi connectivity index (χ2v) is 4.79. The molecule has 94 valence electrons. The number of halogens is 1. The number of hydrogen-bond acceptors (Lipinski definition) is 4. The molecule has 5 heteroatoms. The van der Waals surface area contributed by atoms with E-state index < -0.39 is 11.9 Å². The van der Waals surface area contributed by atoms with E-state index in [0.29, 0.717) is 22.2 Å². The van der Waals surface area contributed by atoms with Crippen LogP contribution in [0, 0.1) is 0 Å². The summed E-state index contributed by atoms with van der Waals surface area (Å²) in [5, 5.41) is 0. The van der Waals surface area contributed by atoms with Crippen molar-refractivity contribution in [1.82, 2.24) is 0 Å². The molecule has 1 aliphatic heterocycles. The Morgan fingerprint density at radius 1 is 1.44 bits per heavy atom. The van der Waals surface area contributed by atoms with Gasteiger partial charge in [0.25, 0.3) is 0 Å². The van der Waals surface area contributed by atoms with Crippen LogP contribution in [0.15, 0.2) is 40.6 Å². The first kappa shape index (κ1) is 12.8. The lowest BCUT2D eigenvalue weighted by Crippen LogP contribution is -2.21. The van der Waals surface area contributed by atoms with Gasteiger partial charge in [-0.25, -0.2) is 9.59 Å². The van der Waals surface area contributed by atoms with E-state index in [0.717, 1.165) is 0 Å². The molecule has 1 unspecified atom stereocenters. The number of hydrogen-bond donors (Lipinski definition) is 0. The Labute approximate surface area is 113 Å². The maximum Gasteiger partial charge on any atom is 0.344 e. The van der Waals surface area contributed by atoms with Gasteiger partial charge in [-0.15, -0.1) is 0 Å². The highest BCUT2D eigenvalue weighted by molar-refractivity contribution is 9.10. The first-order valence-electron chi connectivity index (χ1n) is 5.44. The Balaban J connectivity index is 2.13.